The number of nitrogens with zero attached hydrogens (tertiary/aromatic N) is 1. The lowest BCUT2D eigenvalue weighted by Crippen LogP contribution is -2.20. The van der Waals surface area contributed by atoms with Gasteiger partial charge in [0.1, 0.15) is 11.6 Å². The standard InChI is InChI=1S/C19H17FN4O3S/c1-11-2-7-16(20)17(8-11)24-19(25)23-13-5-3-12(4-6-13)15-9-14(28(26)27)10-22-18(15)21/h2-10H,1H3,(H2,21,22)(H,26,27)(H2,23,24,25). The van der Waals surface area contributed by atoms with Crippen LogP contribution in [-0.4, -0.2) is 19.8 Å². The summed E-state index contributed by atoms with van der Waals surface area (Å²) in [5.74, 6) is -0.317. The highest BCUT2D eigenvalue weighted by molar-refractivity contribution is 7.79. The van der Waals surface area contributed by atoms with Gasteiger partial charge in [-0.3, -0.25) is 0 Å². The summed E-state index contributed by atoms with van der Waals surface area (Å²) in [7, 11) is 0. The zero-order valence-corrected chi connectivity index (χ0v) is 15.6. The molecule has 0 bridgehead atoms. The van der Waals surface area contributed by atoms with Crippen LogP contribution in [0, 0.1) is 12.7 Å². The molecule has 5 N–H and O–H groups in total. The van der Waals surface area contributed by atoms with Crippen molar-refractivity contribution in [1.29, 1.82) is 0 Å². The van der Waals surface area contributed by atoms with Gasteiger partial charge in [-0.05, 0) is 48.4 Å². The molecule has 2 aromatic carbocycles. The van der Waals surface area contributed by atoms with E-state index in [0.29, 0.717) is 16.8 Å². The second-order valence-corrected chi connectivity index (χ2v) is 6.96. The molecule has 0 aliphatic heterocycles. The van der Waals surface area contributed by atoms with E-state index in [4.69, 9.17) is 5.73 Å². The van der Waals surface area contributed by atoms with Crippen LogP contribution in [0.25, 0.3) is 11.1 Å². The molecular weight excluding hydrogens is 383 g/mol. The SMILES string of the molecule is Cc1ccc(F)c(NC(=O)Nc2ccc(-c3cc(S(=O)O)cnc3N)cc2)c1. The average Bonchev–Trinajstić information content (AvgIpc) is 2.65. The van der Waals surface area contributed by atoms with Crippen LogP contribution in [0.15, 0.2) is 59.6 Å². The molecule has 28 heavy (non-hydrogen) atoms. The van der Waals surface area contributed by atoms with E-state index in [1.54, 1.807) is 37.3 Å². The number of pyridine rings is 1. The van der Waals surface area contributed by atoms with Crippen molar-refractivity contribution in [3.63, 3.8) is 0 Å². The van der Waals surface area contributed by atoms with Crippen molar-refractivity contribution in [1.82, 2.24) is 4.98 Å². The van der Waals surface area contributed by atoms with E-state index in [9.17, 15) is 17.9 Å². The quantitative estimate of drug-likeness (QED) is 0.494. The Balaban J connectivity index is 1.74. The first-order valence-electron chi connectivity index (χ1n) is 8.14. The van der Waals surface area contributed by atoms with E-state index in [2.05, 4.69) is 15.6 Å². The van der Waals surface area contributed by atoms with Gasteiger partial charge in [0, 0.05) is 17.4 Å². The molecule has 3 rings (SSSR count). The molecule has 144 valence electrons. The Bertz CT molecular complexity index is 1060. The Kier molecular flexibility index (Phi) is 5.67. The first-order chi connectivity index (χ1) is 13.3. The lowest BCUT2D eigenvalue weighted by atomic mass is 10.1. The highest BCUT2D eigenvalue weighted by Gasteiger charge is 2.10. The molecule has 1 heterocycles. The average molecular weight is 400 g/mol. The molecule has 7 nitrogen and oxygen atoms in total. The number of nitrogen functional groups attached to an aromatic ring is 1. The maximum atomic E-state index is 13.7. The van der Waals surface area contributed by atoms with E-state index in [1.165, 1.54) is 24.4 Å². The molecule has 1 aromatic heterocycles. The number of halogens is 1. The first kappa shape index (κ1) is 19.5. The number of benzene rings is 2. The van der Waals surface area contributed by atoms with E-state index in [0.717, 1.165) is 5.56 Å². The van der Waals surface area contributed by atoms with Gasteiger partial charge < -0.3 is 20.9 Å². The molecule has 9 heteroatoms. The van der Waals surface area contributed by atoms with Crippen LogP contribution in [0.5, 0.6) is 0 Å². The molecule has 1 atom stereocenters. The summed E-state index contributed by atoms with van der Waals surface area (Å²) < 4.78 is 34.1. The Morgan fingerprint density at radius 2 is 1.86 bits per heavy atom. The second-order valence-electron chi connectivity index (χ2n) is 5.99. The zero-order valence-electron chi connectivity index (χ0n) is 14.8. The number of nitrogens with two attached hydrogens (primary N) is 1. The maximum absolute atomic E-state index is 13.7. The lowest BCUT2D eigenvalue weighted by Gasteiger charge is -2.10. The molecule has 0 radical (unpaired) electrons. The van der Waals surface area contributed by atoms with Crippen molar-refractivity contribution in [2.45, 2.75) is 11.8 Å². The minimum Gasteiger partial charge on any atom is -0.383 e. The third kappa shape index (κ3) is 4.51. The van der Waals surface area contributed by atoms with Crippen molar-refractivity contribution < 1.29 is 17.9 Å². The third-order valence-electron chi connectivity index (χ3n) is 3.92. The summed E-state index contributed by atoms with van der Waals surface area (Å²) >= 11 is -2.17. The van der Waals surface area contributed by atoms with Gasteiger partial charge in [-0.2, -0.15) is 0 Å². The Morgan fingerprint density at radius 3 is 2.54 bits per heavy atom. The minimum absolute atomic E-state index is 0.0850. The van der Waals surface area contributed by atoms with Gasteiger partial charge in [-0.15, -0.1) is 0 Å². The molecule has 3 aromatic rings. The summed E-state index contributed by atoms with van der Waals surface area (Å²) in [6.07, 6.45) is 1.24. The molecule has 0 aliphatic rings. The number of aryl methyl sites for hydroxylation is 1. The normalized spacial score (nSPS) is 11.7. The zero-order chi connectivity index (χ0) is 20.3. The summed E-state index contributed by atoms with van der Waals surface area (Å²) in [6, 6.07) is 11.9. The van der Waals surface area contributed by atoms with Gasteiger partial charge in [0.2, 0.25) is 0 Å². The van der Waals surface area contributed by atoms with Gasteiger partial charge in [0.15, 0.2) is 11.1 Å². The number of anilines is 3. The van der Waals surface area contributed by atoms with E-state index < -0.39 is 22.9 Å². The number of carbonyl (C=O) groups excluding carboxylic acids is 1. The van der Waals surface area contributed by atoms with Crippen LogP contribution in [0.2, 0.25) is 0 Å². The molecular formula is C19H17FN4O3S. The van der Waals surface area contributed by atoms with Crippen LogP contribution in [0.3, 0.4) is 0 Å². The van der Waals surface area contributed by atoms with Crippen LogP contribution < -0.4 is 16.4 Å². The lowest BCUT2D eigenvalue weighted by molar-refractivity contribution is 0.262. The molecule has 0 fully saturated rings. The number of carbonyl (C=O) groups is 1. The molecule has 0 aliphatic carbocycles. The number of nitrogens with one attached hydrogen (secondary N) is 2. The smallest absolute Gasteiger partial charge is 0.323 e. The Morgan fingerprint density at radius 1 is 1.14 bits per heavy atom. The number of urea groups is 1. The van der Waals surface area contributed by atoms with Crippen LogP contribution in [-0.2, 0) is 11.1 Å². The fourth-order valence-corrected chi connectivity index (χ4v) is 2.90. The van der Waals surface area contributed by atoms with E-state index in [1.807, 2.05) is 0 Å². The highest BCUT2D eigenvalue weighted by Crippen LogP contribution is 2.27. The summed E-state index contributed by atoms with van der Waals surface area (Å²) in [4.78, 5) is 16.1. The first-order valence-corrected chi connectivity index (χ1v) is 9.25. The Labute approximate surface area is 163 Å². The molecule has 0 spiro atoms. The van der Waals surface area contributed by atoms with Crippen molar-refractivity contribution in [2.75, 3.05) is 16.4 Å². The fraction of sp³-hybridized carbons (Fsp3) is 0.0526. The molecule has 0 saturated carbocycles. The monoisotopic (exact) mass is 400 g/mol. The summed E-state index contributed by atoms with van der Waals surface area (Å²) in [5, 5.41) is 5.07. The highest BCUT2D eigenvalue weighted by atomic mass is 32.2. The van der Waals surface area contributed by atoms with Gasteiger partial charge >= 0.3 is 6.03 Å². The topological polar surface area (TPSA) is 117 Å². The molecule has 0 saturated heterocycles. The van der Waals surface area contributed by atoms with Crippen LogP contribution in [0.4, 0.5) is 26.4 Å². The predicted octanol–water partition coefficient (Wildman–Crippen LogP) is 4.00. The summed E-state index contributed by atoms with van der Waals surface area (Å²) in [6.45, 7) is 1.79. The van der Waals surface area contributed by atoms with E-state index in [-0.39, 0.29) is 16.4 Å². The van der Waals surface area contributed by atoms with Crippen molar-refractivity contribution in [3.8, 4) is 11.1 Å². The van der Waals surface area contributed by atoms with Gasteiger partial charge in [0.25, 0.3) is 0 Å². The predicted molar refractivity (Wildman–Crippen MR) is 107 cm³/mol. The number of hydrogen-bond donors (Lipinski definition) is 4. The van der Waals surface area contributed by atoms with Crippen LogP contribution >= 0.6 is 0 Å². The molecule has 1 unspecified atom stereocenters. The number of amides is 2. The maximum Gasteiger partial charge on any atom is 0.323 e. The number of hydrogen-bond acceptors (Lipinski definition) is 4. The largest absolute Gasteiger partial charge is 0.383 e. The minimum atomic E-state index is -2.17. The van der Waals surface area contributed by atoms with Crippen molar-refractivity contribution in [2.24, 2.45) is 0 Å². The fourth-order valence-electron chi connectivity index (χ4n) is 2.54. The third-order valence-corrected chi connectivity index (χ3v) is 4.55. The van der Waals surface area contributed by atoms with Crippen molar-refractivity contribution >= 4 is 34.3 Å². The Hall–Kier alpha value is -3.30. The number of rotatable bonds is 4. The van der Waals surface area contributed by atoms with E-state index >= 15 is 0 Å². The summed E-state index contributed by atoms with van der Waals surface area (Å²) in [5.41, 5.74) is 8.38. The van der Waals surface area contributed by atoms with Gasteiger partial charge in [0.05, 0.1) is 10.6 Å². The molecule has 2 amide bonds. The second kappa shape index (κ2) is 8.15. The van der Waals surface area contributed by atoms with Crippen LogP contribution in [0.1, 0.15) is 5.56 Å². The van der Waals surface area contributed by atoms with Gasteiger partial charge in [-0.25, -0.2) is 18.4 Å². The number of aromatic nitrogens is 1. The van der Waals surface area contributed by atoms with Crippen molar-refractivity contribution in [3.05, 3.63) is 66.1 Å². The van der Waals surface area contributed by atoms with Gasteiger partial charge in [-0.1, -0.05) is 18.2 Å².